The van der Waals surface area contributed by atoms with Crippen molar-refractivity contribution in [1.29, 1.82) is 0 Å². The third-order valence-electron chi connectivity index (χ3n) is 7.44. The maximum absolute atomic E-state index is 13.9. The van der Waals surface area contributed by atoms with Gasteiger partial charge in [0.2, 0.25) is 0 Å². The summed E-state index contributed by atoms with van der Waals surface area (Å²) in [4.78, 5) is 47.1. The van der Waals surface area contributed by atoms with Crippen LogP contribution >= 0.6 is 0 Å². The number of carbonyl (C=O) groups excluding carboxylic acids is 3. The number of nitrogens with one attached hydrogen (secondary N) is 1. The predicted octanol–water partition coefficient (Wildman–Crippen LogP) is 5.54. The number of amides is 2. The number of aryl methyl sites for hydroxylation is 1. The third-order valence-corrected chi connectivity index (χ3v) is 7.44. The fourth-order valence-electron chi connectivity index (χ4n) is 5.36. The maximum Gasteiger partial charge on any atom is 0.328 e. The molecule has 8 nitrogen and oxygen atoms in total. The summed E-state index contributed by atoms with van der Waals surface area (Å²) in [6, 6.07) is 21.9. The highest BCUT2D eigenvalue weighted by atomic mass is 16.5. The number of anilines is 1. The van der Waals surface area contributed by atoms with E-state index in [0.29, 0.717) is 36.5 Å². The third kappa shape index (κ3) is 6.16. The van der Waals surface area contributed by atoms with Crippen LogP contribution < -0.4 is 10.2 Å². The lowest BCUT2D eigenvalue weighted by molar-refractivity contribution is -0.147. The van der Waals surface area contributed by atoms with E-state index in [-0.39, 0.29) is 18.4 Å². The van der Waals surface area contributed by atoms with E-state index in [0.717, 1.165) is 35.0 Å². The van der Waals surface area contributed by atoms with Gasteiger partial charge in [-0.15, -0.1) is 0 Å². The van der Waals surface area contributed by atoms with Crippen LogP contribution in [0.15, 0.2) is 72.8 Å². The van der Waals surface area contributed by atoms with Crippen LogP contribution in [0.5, 0.6) is 0 Å². The van der Waals surface area contributed by atoms with E-state index in [4.69, 9.17) is 9.72 Å². The SMILES string of the molecule is CC(C)CC(NC(=O)c1c(N(C)C(=O)c2cccc3ccccc23)nc2n1CCCC2)C(=O)OCc1ccccc1. The number of fused-ring (bicyclic) bond motifs is 2. The molecule has 4 aromatic rings. The number of esters is 1. The lowest BCUT2D eigenvalue weighted by Crippen LogP contribution is -2.44. The van der Waals surface area contributed by atoms with Crippen LogP contribution in [0.3, 0.4) is 0 Å². The molecule has 1 atom stereocenters. The number of rotatable bonds is 9. The average Bonchev–Trinajstić information content (AvgIpc) is 3.38. The number of imidazole rings is 1. The van der Waals surface area contributed by atoms with Gasteiger partial charge in [-0.1, -0.05) is 80.6 Å². The van der Waals surface area contributed by atoms with Gasteiger partial charge in [0.25, 0.3) is 11.8 Å². The number of aromatic nitrogens is 2. The minimum atomic E-state index is -0.840. The van der Waals surface area contributed by atoms with Crippen LogP contribution in [0.25, 0.3) is 10.8 Å². The first-order valence-electron chi connectivity index (χ1n) is 14.2. The molecule has 1 N–H and O–H groups in total. The molecule has 2 heterocycles. The Hall–Kier alpha value is -4.46. The largest absolute Gasteiger partial charge is 0.459 e. The summed E-state index contributed by atoms with van der Waals surface area (Å²) in [5.74, 6) is 0.00202. The monoisotopic (exact) mass is 552 g/mol. The molecule has 0 fully saturated rings. The second kappa shape index (κ2) is 12.4. The molecule has 41 heavy (non-hydrogen) atoms. The van der Waals surface area contributed by atoms with Crippen molar-refractivity contribution in [1.82, 2.24) is 14.9 Å². The molecule has 5 rings (SSSR count). The van der Waals surface area contributed by atoms with E-state index in [9.17, 15) is 14.4 Å². The zero-order chi connectivity index (χ0) is 28.9. The Morgan fingerprint density at radius 2 is 1.71 bits per heavy atom. The molecule has 0 saturated heterocycles. The van der Waals surface area contributed by atoms with Gasteiger partial charge in [-0.25, -0.2) is 9.78 Å². The first kappa shape index (κ1) is 28.1. The second-order valence-electron chi connectivity index (χ2n) is 10.9. The molecule has 1 aromatic heterocycles. The van der Waals surface area contributed by atoms with Crippen molar-refractivity contribution in [3.05, 3.63) is 95.4 Å². The van der Waals surface area contributed by atoms with E-state index in [1.165, 1.54) is 4.90 Å². The molecule has 0 radical (unpaired) electrons. The maximum atomic E-state index is 13.9. The van der Waals surface area contributed by atoms with Gasteiger partial charge in [0.1, 0.15) is 18.5 Å². The topological polar surface area (TPSA) is 93.5 Å². The number of nitrogens with zero attached hydrogens (tertiary/aromatic N) is 3. The minimum Gasteiger partial charge on any atom is -0.459 e. The molecule has 1 aliphatic heterocycles. The fraction of sp³-hybridized carbons (Fsp3) is 0.333. The van der Waals surface area contributed by atoms with E-state index in [1.807, 2.05) is 85.1 Å². The van der Waals surface area contributed by atoms with Crippen molar-refractivity contribution in [2.75, 3.05) is 11.9 Å². The van der Waals surface area contributed by atoms with Crippen LogP contribution in [0.1, 0.15) is 65.3 Å². The Balaban J connectivity index is 1.43. The first-order valence-corrected chi connectivity index (χ1v) is 14.2. The molecular weight excluding hydrogens is 516 g/mol. The van der Waals surface area contributed by atoms with Gasteiger partial charge in [0, 0.05) is 25.6 Å². The molecular formula is C33H36N4O4. The van der Waals surface area contributed by atoms with E-state index >= 15 is 0 Å². The molecule has 0 spiro atoms. The molecule has 1 aliphatic rings. The van der Waals surface area contributed by atoms with Gasteiger partial charge in [0.05, 0.1) is 0 Å². The zero-order valence-corrected chi connectivity index (χ0v) is 23.8. The Morgan fingerprint density at radius 3 is 2.49 bits per heavy atom. The van der Waals surface area contributed by atoms with E-state index < -0.39 is 17.9 Å². The molecule has 1 unspecified atom stereocenters. The normalized spacial score (nSPS) is 13.5. The smallest absolute Gasteiger partial charge is 0.328 e. The number of benzene rings is 3. The van der Waals surface area contributed by atoms with Crippen molar-refractivity contribution in [3.8, 4) is 0 Å². The highest BCUT2D eigenvalue weighted by molar-refractivity contribution is 6.15. The predicted molar refractivity (Wildman–Crippen MR) is 159 cm³/mol. The standard InChI is InChI=1S/C33H36N4O4/c1-22(2)20-27(33(40)41-21-23-12-5-4-6-13-23)34-31(38)29-30(35-28-18-9-10-19-37(28)29)36(3)32(39)26-17-11-15-24-14-7-8-16-25(24)26/h4-8,11-17,22,27H,9-10,18-21H2,1-3H3,(H,34,38). The Kier molecular flexibility index (Phi) is 8.47. The lowest BCUT2D eigenvalue weighted by Gasteiger charge is -2.22. The number of carbonyl (C=O) groups is 3. The molecule has 0 saturated carbocycles. The Labute approximate surface area is 240 Å². The van der Waals surface area contributed by atoms with Gasteiger partial charge in [-0.05, 0) is 47.6 Å². The molecule has 2 amide bonds. The van der Waals surface area contributed by atoms with Crippen LogP contribution in [0.4, 0.5) is 5.82 Å². The summed E-state index contributed by atoms with van der Waals surface area (Å²) in [6.45, 7) is 4.73. The summed E-state index contributed by atoms with van der Waals surface area (Å²) in [5.41, 5.74) is 1.70. The van der Waals surface area contributed by atoms with Gasteiger partial charge in [-0.2, -0.15) is 0 Å². The van der Waals surface area contributed by atoms with Gasteiger partial charge < -0.3 is 14.6 Å². The van der Waals surface area contributed by atoms with E-state index in [1.54, 1.807) is 13.1 Å². The lowest BCUT2D eigenvalue weighted by atomic mass is 10.0. The minimum absolute atomic E-state index is 0.125. The molecule has 3 aromatic carbocycles. The quantitative estimate of drug-likeness (QED) is 0.275. The van der Waals surface area contributed by atoms with Crippen LogP contribution in [0, 0.1) is 5.92 Å². The Morgan fingerprint density at radius 1 is 0.976 bits per heavy atom. The molecule has 8 heteroatoms. The molecule has 0 bridgehead atoms. The number of hydrogen-bond donors (Lipinski definition) is 1. The van der Waals surface area contributed by atoms with Crippen LogP contribution in [-0.2, 0) is 29.1 Å². The first-order chi connectivity index (χ1) is 19.8. The van der Waals surface area contributed by atoms with Gasteiger partial charge >= 0.3 is 5.97 Å². The van der Waals surface area contributed by atoms with E-state index in [2.05, 4.69) is 5.32 Å². The molecule has 212 valence electrons. The van der Waals surface area contributed by atoms with Crippen LogP contribution in [-0.4, -0.2) is 40.4 Å². The number of ether oxygens (including phenoxy) is 1. The summed E-state index contributed by atoms with van der Waals surface area (Å²) < 4.78 is 7.49. The van der Waals surface area contributed by atoms with Crippen molar-refractivity contribution in [2.24, 2.45) is 5.92 Å². The summed E-state index contributed by atoms with van der Waals surface area (Å²) >= 11 is 0. The second-order valence-corrected chi connectivity index (χ2v) is 10.9. The summed E-state index contributed by atoms with van der Waals surface area (Å²) in [6.07, 6.45) is 2.99. The Bertz CT molecular complexity index is 1560. The average molecular weight is 553 g/mol. The van der Waals surface area contributed by atoms with Crippen molar-refractivity contribution < 1.29 is 19.1 Å². The van der Waals surface area contributed by atoms with Crippen molar-refractivity contribution in [2.45, 2.75) is 58.7 Å². The van der Waals surface area contributed by atoms with Gasteiger partial charge in [-0.3, -0.25) is 14.5 Å². The van der Waals surface area contributed by atoms with Crippen molar-refractivity contribution in [3.63, 3.8) is 0 Å². The molecule has 0 aliphatic carbocycles. The fourth-order valence-corrected chi connectivity index (χ4v) is 5.36. The van der Waals surface area contributed by atoms with Crippen molar-refractivity contribution >= 4 is 34.4 Å². The van der Waals surface area contributed by atoms with Gasteiger partial charge in [0.15, 0.2) is 11.5 Å². The highest BCUT2D eigenvalue weighted by Gasteiger charge is 2.32. The summed E-state index contributed by atoms with van der Waals surface area (Å²) in [5, 5.41) is 4.72. The highest BCUT2D eigenvalue weighted by Crippen LogP contribution is 2.28. The zero-order valence-electron chi connectivity index (χ0n) is 23.8. The van der Waals surface area contributed by atoms with Crippen LogP contribution in [0.2, 0.25) is 0 Å². The number of hydrogen-bond acceptors (Lipinski definition) is 5. The summed E-state index contributed by atoms with van der Waals surface area (Å²) in [7, 11) is 1.65.